The molecule has 1 rings (SSSR count). The smallest absolute Gasteiger partial charge is 0.336 e. The standard InChI is InChI=1S/C13H17NO2/c1-3-4-9-12(14-2)10-7-5-6-8-11(10)13(15)16/h5-8,12H,2-4,9H2,1H3,(H,15,16). The molecule has 0 amide bonds. The Bertz CT molecular complexity index is 374. The second-order valence-corrected chi connectivity index (χ2v) is 3.73. The van der Waals surface area contributed by atoms with E-state index >= 15 is 0 Å². The fourth-order valence-corrected chi connectivity index (χ4v) is 1.72. The molecule has 16 heavy (non-hydrogen) atoms. The highest BCUT2D eigenvalue weighted by atomic mass is 16.4. The van der Waals surface area contributed by atoms with E-state index in [0.29, 0.717) is 5.56 Å². The highest BCUT2D eigenvalue weighted by Gasteiger charge is 2.16. The molecule has 0 spiro atoms. The molecule has 0 aliphatic rings. The van der Waals surface area contributed by atoms with Crippen LogP contribution in [0.4, 0.5) is 0 Å². The summed E-state index contributed by atoms with van der Waals surface area (Å²) >= 11 is 0. The van der Waals surface area contributed by atoms with Gasteiger partial charge in [0, 0.05) is 0 Å². The number of aliphatic imine (C=N–C) groups is 1. The van der Waals surface area contributed by atoms with Gasteiger partial charge in [0.15, 0.2) is 0 Å². The van der Waals surface area contributed by atoms with Crippen molar-refractivity contribution in [2.24, 2.45) is 4.99 Å². The van der Waals surface area contributed by atoms with Gasteiger partial charge in [0.1, 0.15) is 0 Å². The van der Waals surface area contributed by atoms with Gasteiger partial charge < -0.3 is 5.11 Å². The van der Waals surface area contributed by atoms with Gasteiger partial charge in [0.2, 0.25) is 0 Å². The highest BCUT2D eigenvalue weighted by molar-refractivity contribution is 5.89. The topological polar surface area (TPSA) is 49.7 Å². The van der Waals surface area contributed by atoms with Crippen LogP contribution in [0.15, 0.2) is 29.3 Å². The van der Waals surface area contributed by atoms with Crippen LogP contribution in [0.5, 0.6) is 0 Å². The molecule has 0 aromatic heterocycles. The Balaban J connectivity index is 2.99. The first kappa shape index (κ1) is 12.4. The Hall–Kier alpha value is -1.64. The third kappa shape index (κ3) is 2.92. The molecule has 0 radical (unpaired) electrons. The molecule has 0 bridgehead atoms. The summed E-state index contributed by atoms with van der Waals surface area (Å²) in [6.45, 7) is 5.65. The van der Waals surface area contributed by atoms with Gasteiger partial charge >= 0.3 is 5.97 Å². The van der Waals surface area contributed by atoms with Gasteiger partial charge in [-0.1, -0.05) is 38.0 Å². The summed E-state index contributed by atoms with van der Waals surface area (Å²) in [5, 5.41) is 9.07. The quantitative estimate of drug-likeness (QED) is 0.746. The maximum atomic E-state index is 11.1. The Morgan fingerprint density at radius 3 is 2.75 bits per heavy atom. The lowest BCUT2D eigenvalue weighted by Gasteiger charge is -2.14. The van der Waals surface area contributed by atoms with Crippen molar-refractivity contribution in [2.45, 2.75) is 32.2 Å². The van der Waals surface area contributed by atoms with E-state index in [2.05, 4.69) is 18.6 Å². The molecule has 0 aliphatic heterocycles. The van der Waals surface area contributed by atoms with Crippen LogP contribution in [-0.2, 0) is 0 Å². The molecule has 86 valence electrons. The Morgan fingerprint density at radius 2 is 2.19 bits per heavy atom. The van der Waals surface area contributed by atoms with Crippen molar-refractivity contribution in [3.8, 4) is 0 Å². The molecule has 1 aromatic rings. The molecule has 1 unspecified atom stereocenters. The molecule has 0 saturated heterocycles. The van der Waals surface area contributed by atoms with Crippen molar-refractivity contribution in [2.75, 3.05) is 0 Å². The van der Waals surface area contributed by atoms with Crippen LogP contribution in [0, 0.1) is 0 Å². The van der Waals surface area contributed by atoms with Crippen LogP contribution in [0.2, 0.25) is 0 Å². The Kier molecular flexibility index (Phi) is 4.70. The average molecular weight is 219 g/mol. The lowest BCUT2D eigenvalue weighted by atomic mass is 9.97. The molecule has 1 aromatic carbocycles. The van der Waals surface area contributed by atoms with Gasteiger partial charge in [0.05, 0.1) is 11.6 Å². The van der Waals surface area contributed by atoms with E-state index in [1.807, 2.05) is 12.1 Å². The largest absolute Gasteiger partial charge is 0.478 e. The highest BCUT2D eigenvalue weighted by Crippen LogP contribution is 2.26. The van der Waals surface area contributed by atoms with E-state index < -0.39 is 5.97 Å². The average Bonchev–Trinajstić information content (AvgIpc) is 2.30. The minimum absolute atomic E-state index is 0.104. The number of hydrogen-bond acceptors (Lipinski definition) is 2. The summed E-state index contributed by atoms with van der Waals surface area (Å²) < 4.78 is 0. The molecule has 1 atom stereocenters. The summed E-state index contributed by atoms with van der Waals surface area (Å²) in [6, 6.07) is 6.89. The second kappa shape index (κ2) is 6.05. The maximum absolute atomic E-state index is 11.1. The number of benzene rings is 1. The predicted molar refractivity (Wildman–Crippen MR) is 65.2 cm³/mol. The van der Waals surface area contributed by atoms with Crippen LogP contribution in [0.3, 0.4) is 0 Å². The third-order valence-corrected chi connectivity index (χ3v) is 2.60. The summed E-state index contributed by atoms with van der Waals surface area (Å²) in [7, 11) is 0. The first-order chi connectivity index (χ1) is 7.70. The monoisotopic (exact) mass is 219 g/mol. The summed E-state index contributed by atoms with van der Waals surface area (Å²) in [6.07, 6.45) is 2.95. The minimum Gasteiger partial charge on any atom is -0.478 e. The molecule has 1 N–H and O–H groups in total. The summed E-state index contributed by atoms with van der Waals surface area (Å²) in [4.78, 5) is 15.1. The fraction of sp³-hybridized carbons (Fsp3) is 0.385. The van der Waals surface area contributed by atoms with Crippen LogP contribution >= 0.6 is 0 Å². The van der Waals surface area contributed by atoms with Crippen LogP contribution in [-0.4, -0.2) is 17.8 Å². The van der Waals surface area contributed by atoms with Gasteiger partial charge in [-0.2, -0.15) is 0 Å². The summed E-state index contributed by atoms with van der Waals surface area (Å²) in [5.74, 6) is -0.902. The van der Waals surface area contributed by atoms with E-state index in [-0.39, 0.29) is 6.04 Å². The molecule has 3 nitrogen and oxygen atoms in total. The number of nitrogens with zero attached hydrogens (tertiary/aromatic N) is 1. The molecular weight excluding hydrogens is 202 g/mol. The molecule has 0 heterocycles. The summed E-state index contributed by atoms with van der Waals surface area (Å²) in [5.41, 5.74) is 1.09. The van der Waals surface area contributed by atoms with Gasteiger partial charge in [-0.3, -0.25) is 4.99 Å². The zero-order chi connectivity index (χ0) is 12.0. The first-order valence-corrected chi connectivity index (χ1v) is 5.48. The van der Waals surface area contributed by atoms with Crippen LogP contribution < -0.4 is 0 Å². The molecule has 0 fully saturated rings. The number of aromatic carboxylic acids is 1. The van der Waals surface area contributed by atoms with Crippen molar-refractivity contribution < 1.29 is 9.90 Å². The third-order valence-electron chi connectivity index (χ3n) is 2.60. The zero-order valence-electron chi connectivity index (χ0n) is 9.52. The number of carbonyl (C=O) groups is 1. The van der Waals surface area contributed by atoms with E-state index in [1.54, 1.807) is 12.1 Å². The Labute approximate surface area is 95.8 Å². The molecule has 0 aliphatic carbocycles. The van der Waals surface area contributed by atoms with Gasteiger partial charge in [-0.05, 0) is 24.8 Å². The number of carboxylic acid groups (broad SMARTS) is 1. The maximum Gasteiger partial charge on any atom is 0.336 e. The van der Waals surface area contributed by atoms with Crippen molar-refractivity contribution in [1.29, 1.82) is 0 Å². The lowest BCUT2D eigenvalue weighted by Crippen LogP contribution is -2.06. The van der Waals surface area contributed by atoms with Crippen molar-refractivity contribution in [3.05, 3.63) is 35.4 Å². The number of rotatable bonds is 6. The van der Waals surface area contributed by atoms with Crippen LogP contribution in [0.25, 0.3) is 0 Å². The second-order valence-electron chi connectivity index (χ2n) is 3.73. The normalized spacial score (nSPS) is 12.1. The Morgan fingerprint density at radius 1 is 1.50 bits per heavy atom. The van der Waals surface area contributed by atoms with E-state index in [0.717, 1.165) is 24.8 Å². The molecule has 0 saturated carbocycles. The number of unbranched alkanes of at least 4 members (excludes halogenated alkanes) is 1. The van der Waals surface area contributed by atoms with E-state index in [9.17, 15) is 4.79 Å². The van der Waals surface area contributed by atoms with Gasteiger partial charge in [0.25, 0.3) is 0 Å². The van der Waals surface area contributed by atoms with Crippen LogP contribution in [0.1, 0.15) is 48.1 Å². The lowest BCUT2D eigenvalue weighted by molar-refractivity contribution is 0.0695. The van der Waals surface area contributed by atoms with Crippen molar-refractivity contribution in [3.63, 3.8) is 0 Å². The molecule has 3 heteroatoms. The van der Waals surface area contributed by atoms with Gasteiger partial charge in [-0.15, -0.1) is 0 Å². The number of carboxylic acids is 1. The molecular formula is C13H17NO2. The van der Waals surface area contributed by atoms with Crippen molar-refractivity contribution in [1.82, 2.24) is 0 Å². The van der Waals surface area contributed by atoms with E-state index in [4.69, 9.17) is 5.11 Å². The van der Waals surface area contributed by atoms with Gasteiger partial charge in [-0.25, -0.2) is 4.79 Å². The van der Waals surface area contributed by atoms with Crippen molar-refractivity contribution >= 4 is 12.7 Å². The predicted octanol–water partition coefficient (Wildman–Crippen LogP) is 3.32. The fourth-order valence-electron chi connectivity index (χ4n) is 1.72. The zero-order valence-corrected chi connectivity index (χ0v) is 9.52. The minimum atomic E-state index is -0.902. The van der Waals surface area contributed by atoms with E-state index in [1.165, 1.54) is 0 Å². The first-order valence-electron chi connectivity index (χ1n) is 5.48. The SMILES string of the molecule is C=NC(CCCC)c1ccccc1C(=O)O. The number of hydrogen-bond donors (Lipinski definition) is 1.